The van der Waals surface area contributed by atoms with Crippen molar-refractivity contribution in [2.24, 2.45) is 0 Å². The predicted octanol–water partition coefficient (Wildman–Crippen LogP) is 6.08. The number of esters is 1. The van der Waals surface area contributed by atoms with Gasteiger partial charge in [0.05, 0.1) is 38.8 Å². The second kappa shape index (κ2) is 11.9. The van der Waals surface area contributed by atoms with E-state index in [9.17, 15) is 14.4 Å². The molecule has 3 aromatic rings. The summed E-state index contributed by atoms with van der Waals surface area (Å²) in [5.74, 6) is -1.68. The van der Waals surface area contributed by atoms with Crippen LogP contribution < -0.4 is 10.6 Å². The predicted molar refractivity (Wildman–Crippen MR) is 133 cm³/mol. The molecule has 2 N–H and O–H groups in total. The van der Waals surface area contributed by atoms with E-state index in [0.717, 1.165) is 0 Å². The fourth-order valence-electron chi connectivity index (χ4n) is 3.12. The van der Waals surface area contributed by atoms with Crippen LogP contribution in [0.2, 0.25) is 15.1 Å². The summed E-state index contributed by atoms with van der Waals surface area (Å²) in [6.45, 7) is 1.44. The Morgan fingerprint density at radius 2 is 1.50 bits per heavy atom. The zero-order valence-electron chi connectivity index (χ0n) is 18.1. The molecule has 0 aliphatic rings. The molecule has 3 rings (SSSR count). The van der Waals surface area contributed by atoms with E-state index in [1.165, 1.54) is 6.92 Å². The van der Waals surface area contributed by atoms with Crippen LogP contribution in [0, 0.1) is 0 Å². The van der Waals surface area contributed by atoms with Crippen molar-refractivity contribution < 1.29 is 19.1 Å². The normalized spacial score (nSPS) is 12.4. The number of anilines is 1. The third kappa shape index (κ3) is 6.73. The molecular weight excluding hydrogens is 499 g/mol. The number of benzene rings is 3. The fourth-order valence-corrected chi connectivity index (χ4v) is 3.69. The van der Waals surface area contributed by atoms with Crippen LogP contribution in [-0.2, 0) is 14.3 Å². The van der Waals surface area contributed by atoms with Crippen LogP contribution in [0.1, 0.15) is 35.3 Å². The molecule has 2 amide bonds. The van der Waals surface area contributed by atoms with E-state index < -0.39 is 29.9 Å². The summed E-state index contributed by atoms with van der Waals surface area (Å²) < 4.78 is 5.31. The molecule has 176 valence electrons. The Bertz CT molecular complexity index is 1190. The molecule has 9 heteroatoms. The monoisotopic (exact) mass is 518 g/mol. The maximum absolute atomic E-state index is 12.8. The molecule has 0 aromatic heterocycles. The first-order valence-electron chi connectivity index (χ1n) is 10.3. The average Bonchev–Trinajstić information content (AvgIpc) is 2.82. The van der Waals surface area contributed by atoms with Gasteiger partial charge in [-0.15, -0.1) is 0 Å². The molecule has 0 spiro atoms. The Labute approximate surface area is 212 Å². The van der Waals surface area contributed by atoms with Crippen LogP contribution in [0.5, 0.6) is 0 Å². The highest BCUT2D eigenvalue weighted by Crippen LogP contribution is 2.29. The number of carbonyl (C=O) groups is 3. The van der Waals surface area contributed by atoms with Crippen LogP contribution in [0.4, 0.5) is 5.69 Å². The molecule has 0 fully saturated rings. The summed E-state index contributed by atoms with van der Waals surface area (Å²) in [6, 6.07) is 19.7. The SMILES string of the molecule is C[C@@H](OC(=O)C[C@H](NC(=O)c1ccccc1Cl)c1ccccc1)C(=O)Nc1cccc(Cl)c1Cl. The van der Waals surface area contributed by atoms with Gasteiger partial charge < -0.3 is 15.4 Å². The molecule has 0 heterocycles. The topological polar surface area (TPSA) is 84.5 Å². The fraction of sp³-hybridized carbons (Fsp3) is 0.160. The molecule has 0 saturated carbocycles. The van der Waals surface area contributed by atoms with E-state index in [1.54, 1.807) is 66.7 Å². The molecule has 0 unspecified atom stereocenters. The summed E-state index contributed by atoms with van der Waals surface area (Å²) in [6.07, 6.45) is -1.31. The van der Waals surface area contributed by atoms with Gasteiger partial charge in [-0.25, -0.2) is 0 Å². The van der Waals surface area contributed by atoms with E-state index in [4.69, 9.17) is 39.5 Å². The van der Waals surface area contributed by atoms with Gasteiger partial charge in [-0.05, 0) is 36.8 Å². The Morgan fingerprint density at radius 1 is 0.853 bits per heavy atom. The van der Waals surface area contributed by atoms with Crippen LogP contribution in [-0.4, -0.2) is 23.9 Å². The zero-order chi connectivity index (χ0) is 24.7. The van der Waals surface area contributed by atoms with E-state index >= 15 is 0 Å². The Balaban J connectivity index is 1.68. The van der Waals surface area contributed by atoms with Gasteiger partial charge in [0.2, 0.25) is 0 Å². The molecule has 34 heavy (non-hydrogen) atoms. The lowest BCUT2D eigenvalue weighted by Crippen LogP contribution is -2.34. The van der Waals surface area contributed by atoms with Crippen molar-refractivity contribution >= 4 is 58.3 Å². The van der Waals surface area contributed by atoms with Crippen LogP contribution in [0.3, 0.4) is 0 Å². The van der Waals surface area contributed by atoms with Gasteiger partial charge in [-0.2, -0.15) is 0 Å². The summed E-state index contributed by atoms with van der Waals surface area (Å²) in [5.41, 5.74) is 1.28. The minimum atomic E-state index is -1.11. The molecule has 0 radical (unpaired) electrons. The number of carbonyl (C=O) groups excluding carboxylic acids is 3. The third-order valence-corrected chi connectivity index (χ3v) is 6.03. The molecule has 0 aliphatic heterocycles. The van der Waals surface area contributed by atoms with Gasteiger partial charge in [0.1, 0.15) is 0 Å². The van der Waals surface area contributed by atoms with Crippen LogP contribution in [0.25, 0.3) is 0 Å². The number of ether oxygens (including phenoxy) is 1. The molecule has 3 aromatic carbocycles. The number of hydrogen-bond donors (Lipinski definition) is 2. The molecule has 6 nitrogen and oxygen atoms in total. The third-order valence-electron chi connectivity index (χ3n) is 4.88. The van der Waals surface area contributed by atoms with E-state index in [0.29, 0.717) is 16.3 Å². The molecule has 0 saturated heterocycles. The van der Waals surface area contributed by atoms with Gasteiger partial charge in [0, 0.05) is 0 Å². The van der Waals surface area contributed by atoms with Crippen LogP contribution >= 0.6 is 34.8 Å². The molecular formula is C25H21Cl3N2O4. The van der Waals surface area contributed by atoms with E-state index in [2.05, 4.69) is 10.6 Å². The Hall–Kier alpha value is -3.06. The maximum atomic E-state index is 12.8. The molecule has 2 atom stereocenters. The van der Waals surface area contributed by atoms with Gasteiger partial charge in [-0.3, -0.25) is 14.4 Å². The quantitative estimate of drug-likeness (QED) is 0.353. The second-order valence-corrected chi connectivity index (χ2v) is 8.54. The van der Waals surface area contributed by atoms with Crippen molar-refractivity contribution in [2.45, 2.75) is 25.5 Å². The van der Waals surface area contributed by atoms with Crippen molar-refractivity contribution in [3.05, 3.63) is 99.0 Å². The van der Waals surface area contributed by atoms with Gasteiger partial charge in [-0.1, -0.05) is 83.3 Å². The lowest BCUT2D eigenvalue weighted by Gasteiger charge is -2.20. The highest BCUT2D eigenvalue weighted by atomic mass is 35.5. The number of hydrogen-bond acceptors (Lipinski definition) is 4. The van der Waals surface area contributed by atoms with Crippen LogP contribution in [0.15, 0.2) is 72.8 Å². The zero-order valence-corrected chi connectivity index (χ0v) is 20.3. The van der Waals surface area contributed by atoms with Crippen molar-refractivity contribution in [3.8, 4) is 0 Å². The van der Waals surface area contributed by atoms with Crippen molar-refractivity contribution in [2.75, 3.05) is 5.32 Å². The average molecular weight is 520 g/mol. The van der Waals surface area contributed by atoms with E-state index in [1.807, 2.05) is 6.07 Å². The van der Waals surface area contributed by atoms with Crippen molar-refractivity contribution in [1.29, 1.82) is 0 Å². The lowest BCUT2D eigenvalue weighted by molar-refractivity contribution is -0.153. The smallest absolute Gasteiger partial charge is 0.309 e. The Morgan fingerprint density at radius 3 is 2.21 bits per heavy atom. The lowest BCUT2D eigenvalue weighted by atomic mass is 10.0. The summed E-state index contributed by atoms with van der Waals surface area (Å²) in [4.78, 5) is 38.0. The first kappa shape index (κ1) is 25.6. The highest BCUT2D eigenvalue weighted by molar-refractivity contribution is 6.44. The summed E-state index contributed by atoms with van der Waals surface area (Å²) in [5, 5.41) is 6.16. The number of halogens is 3. The van der Waals surface area contributed by atoms with Crippen molar-refractivity contribution in [3.63, 3.8) is 0 Å². The first-order chi connectivity index (χ1) is 16.3. The first-order valence-corrected chi connectivity index (χ1v) is 11.4. The highest BCUT2D eigenvalue weighted by Gasteiger charge is 2.24. The minimum absolute atomic E-state index is 0.183. The molecule has 0 aliphatic carbocycles. The van der Waals surface area contributed by atoms with Crippen molar-refractivity contribution in [1.82, 2.24) is 5.32 Å². The Kier molecular flexibility index (Phi) is 8.93. The minimum Gasteiger partial charge on any atom is -0.452 e. The second-order valence-electron chi connectivity index (χ2n) is 7.34. The number of rotatable bonds is 8. The summed E-state index contributed by atoms with van der Waals surface area (Å²) >= 11 is 18.2. The number of amides is 2. The standard InChI is InChI=1S/C25H21Cl3N2O4/c1-15(24(32)29-20-13-7-12-19(27)23(20)28)34-22(31)14-21(16-8-3-2-4-9-16)30-25(33)17-10-5-6-11-18(17)26/h2-13,15,21H,14H2,1H3,(H,29,32)(H,30,33)/t15-,21+/m1/s1. The summed E-state index contributed by atoms with van der Waals surface area (Å²) in [7, 11) is 0. The van der Waals surface area contributed by atoms with E-state index in [-0.39, 0.29) is 22.0 Å². The van der Waals surface area contributed by atoms with Gasteiger partial charge >= 0.3 is 5.97 Å². The largest absolute Gasteiger partial charge is 0.452 e. The van der Waals surface area contributed by atoms with Gasteiger partial charge in [0.15, 0.2) is 6.10 Å². The van der Waals surface area contributed by atoms with Gasteiger partial charge in [0.25, 0.3) is 11.8 Å². The number of nitrogens with one attached hydrogen (secondary N) is 2. The maximum Gasteiger partial charge on any atom is 0.309 e. The molecule has 0 bridgehead atoms.